The van der Waals surface area contributed by atoms with Crippen molar-refractivity contribution in [3.05, 3.63) is 60.4 Å². The average molecular weight is 424 g/mol. The van der Waals surface area contributed by atoms with Gasteiger partial charge in [0.2, 0.25) is 5.91 Å². The molecule has 0 spiro atoms. The fourth-order valence-electron chi connectivity index (χ4n) is 3.52. The van der Waals surface area contributed by atoms with Gasteiger partial charge >= 0.3 is 0 Å². The summed E-state index contributed by atoms with van der Waals surface area (Å²) < 4.78 is 6.08. The van der Waals surface area contributed by atoms with Crippen molar-refractivity contribution in [2.24, 2.45) is 4.99 Å². The number of piperidine rings is 1. The Morgan fingerprint density at radius 3 is 2.61 bits per heavy atom. The lowest BCUT2D eigenvalue weighted by Crippen LogP contribution is -2.48. The van der Waals surface area contributed by atoms with Gasteiger partial charge in [0.05, 0.1) is 0 Å². The van der Waals surface area contributed by atoms with Crippen LogP contribution in [0.1, 0.15) is 25.5 Å². The number of benzene rings is 1. The molecule has 1 aliphatic rings. The highest BCUT2D eigenvalue weighted by atomic mass is 16.5. The van der Waals surface area contributed by atoms with Crippen LogP contribution in [0.3, 0.4) is 0 Å². The van der Waals surface area contributed by atoms with Crippen LogP contribution in [-0.4, -0.2) is 72.5 Å². The molecule has 7 heteroatoms. The molecule has 1 saturated heterocycles. The summed E-state index contributed by atoms with van der Waals surface area (Å²) >= 11 is 0. The maximum Gasteiger partial charge on any atom is 0.244 e. The van der Waals surface area contributed by atoms with Gasteiger partial charge in [0, 0.05) is 64.4 Å². The van der Waals surface area contributed by atoms with Crippen LogP contribution in [0.5, 0.6) is 5.75 Å². The molecule has 0 saturated carbocycles. The van der Waals surface area contributed by atoms with Crippen LogP contribution in [0.2, 0.25) is 0 Å². The highest BCUT2D eigenvalue weighted by Gasteiger charge is 2.23. The number of aromatic nitrogens is 1. The Labute approximate surface area is 185 Å². The minimum atomic E-state index is 0.00799. The summed E-state index contributed by atoms with van der Waals surface area (Å²) in [7, 11) is 1.82. The molecule has 0 atom stereocenters. The normalized spacial score (nSPS) is 14.9. The molecule has 31 heavy (non-hydrogen) atoms. The number of carbonyl (C=O) groups excluding carboxylic acids is 1. The van der Waals surface area contributed by atoms with Gasteiger partial charge in [-0.1, -0.05) is 24.3 Å². The minimum absolute atomic E-state index is 0.00799. The van der Waals surface area contributed by atoms with Crippen molar-refractivity contribution in [1.29, 1.82) is 0 Å². The molecule has 7 nitrogen and oxygen atoms in total. The van der Waals surface area contributed by atoms with Gasteiger partial charge in [0.15, 0.2) is 5.96 Å². The quantitative estimate of drug-likeness (QED) is 0.522. The minimum Gasteiger partial charge on any atom is -0.490 e. The summed E-state index contributed by atoms with van der Waals surface area (Å²) in [5, 5.41) is 3.32. The number of guanidine groups is 1. The third kappa shape index (κ3) is 7.27. The van der Waals surface area contributed by atoms with Crippen LogP contribution >= 0.6 is 0 Å². The first-order chi connectivity index (χ1) is 15.2. The van der Waals surface area contributed by atoms with Crippen molar-refractivity contribution in [3.8, 4) is 5.75 Å². The number of para-hydroxylation sites is 1. The highest BCUT2D eigenvalue weighted by molar-refractivity contribution is 5.85. The van der Waals surface area contributed by atoms with E-state index in [1.807, 2.05) is 62.5 Å². The van der Waals surface area contributed by atoms with Gasteiger partial charge in [0.25, 0.3) is 0 Å². The van der Waals surface area contributed by atoms with Crippen molar-refractivity contribution in [3.63, 3.8) is 0 Å². The third-order valence-corrected chi connectivity index (χ3v) is 5.34. The zero-order valence-electron chi connectivity index (χ0n) is 18.5. The number of ether oxygens (including phenoxy) is 1. The van der Waals surface area contributed by atoms with Crippen molar-refractivity contribution >= 4 is 11.9 Å². The standard InChI is InChI=1S/C24H33N5O2/c1-3-25-24(27-19-23(30)28(2)16-12-20-9-7-8-15-26-20)29-17-13-22(14-18-29)31-21-10-5-4-6-11-21/h4-11,15,22H,3,12-14,16-19H2,1-2H3,(H,25,27). The molecule has 1 aromatic heterocycles. The first kappa shape index (κ1) is 22.6. The van der Waals surface area contributed by atoms with Crippen molar-refractivity contribution in [2.75, 3.05) is 39.8 Å². The molecule has 0 bridgehead atoms. The summed E-state index contributed by atoms with van der Waals surface area (Å²) in [6, 6.07) is 15.8. The number of nitrogens with zero attached hydrogens (tertiary/aromatic N) is 4. The van der Waals surface area contributed by atoms with Crippen LogP contribution < -0.4 is 10.1 Å². The van der Waals surface area contributed by atoms with Gasteiger partial charge in [-0.25, -0.2) is 4.99 Å². The molecule has 1 aromatic carbocycles. The van der Waals surface area contributed by atoms with Crippen molar-refractivity contribution in [1.82, 2.24) is 20.1 Å². The molecule has 0 aliphatic carbocycles. The highest BCUT2D eigenvalue weighted by Crippen LogP contribution is 2.18. The lowest BCUT2D eigenvalue weighted by atomic mass is 10.1. The SMILES string of the molecule is CCNC(=NCC(=O)N(C)CCc1ccccn1)N1CCC(Oc2ccccc2)CC1. The van der Waals surface area contributed by atoms with E-state index in [4.69, 9.17) is 4.74 Å². The molecule has 166 valence electrons. The van der Waals surface area contributed by atoms with Gasteiger partial charge in [0.1, 0.15) is 18.4 Å². The predicted octanol–water partition coefficient (Wildman–Crippen LogP) is 2.59. The number of carbonyl (C=O) groups is 1. The molecule has 1 amide bonds. The smallest absolute Gasteiger partial charge is 0.244 e. The van der Waals surface area contributed by atoms with E-state index in [9.17, 15) is 4.79 Å². The number of hydrogen-bond donors (Lipinski definition) is 1. The fourth-order valence-corrected chi connectivity index (χ4v) is 3.52. The molecule has 2 heterocycles. The van der Waals surface area contributed by atoms with Gasteiger partial charge < -0.3 is 19.9 Å². The van der Waals surface area contributed by atoms with E-state index in [-0.39, 0.29) is 18.6 Å². The molecule has 2 aromatic rings. The number of likely N-dealkylation sites (tertiary alicyclic amines) is 1. The molecule has 1 N–H and O–H groups in total. The Hall–Kier alpha value is -3.09. The monoisotopic (exact) mass is 423 g/mol. The molecule has 0 unspecified atom stereocenters. The number of hydrogen-bond acceptors (Lipinski definition) is 4. The van der Waals surface area contributed by atoms with Crippen molar-refractivity contribution in [2.45, 2.75) is 32.3 Å². The topological polar surface area (TPSA) is 70.1 Å². The second-order valence-corrected chi connectivity index (χ2v) is 7.67. The van der Waals surface area contributed by atoms with Gasteiger partial charge in [-0.3, -0.25) is 9.78 Å². The maximum absolute atomic E-state index is 12.5. The number of rotatable bonds is 8. The zero-order chi connectivity index (χ0) is 21.9. The van der Waals surface area contributed by atoms with E-state index in [0.29, 0.717) is 6.54 Å². The van der Waals surface area contributed by atoms with E-state index < -0.39 is 0 Å². The lowest BCUT2D eigenvalue weighted by Gasteiger charge is -2.34. The first-order valence-electron chi connectivity index (χ1n) is 11.0. The van der Waals surface area contributed by atoms with E-state index in [1.54, 1.807) is 11.1 Å². The summed E-state index contributed by atoms with van der Waals surface area (Å²) in [6.07, 6.45) is 4.58. The van der Waals surface area contributed by atoms with Gasteiger partial charge in [-0.15, -0.1) is 0 Å². The number of pyridine rings is 1. The Morgan fingerprint density at radius 1 is 1.19 bits per heavy atom. The summed E-state index contributed by atoms with van der Waals surface area (Å²) in [5.41, 5.74) is 0.986. The van der Waals surface area contributed by atoms with E-state index >= 15 is 0 Å². The fraction of sp³-hybridized carbons (Fsp3) is 0.458. The number of aliphatic imine (C=N–C) groups is 1. The zero-order valence-corrected chi connectivity index (χ0v) is 18.5. The van der Waals surface area contributed by atoms with Crippen LogP contribution in [0.25, 0.3) is 0 Å². The summed E-state index contributed by atoms with van der Waals surface area (Å²) in [6.45, 7) is 5.29. The second kappa shape index (κ2) is 11.9. The molecular formula is C24H33N5O2. The van der Waals surface area contributed by atoms with E-state index in [0.717, 1.165) is 56.3 Å². The van der Waals surface area contributed by atoms with Crippen LogP contribution in [0.4, 0.5) is 0 Å². The Bertz CT molecular complexity index is 820. The average Bonchev–Trinajstić information content (AvgIpc) is 2.82. The first-order valence-corrected chi connectivity index (χ1v) is 11.0. The van der Waals surface area contributed by atoms with Gasteiger partial charge in [-0.2, -0.15) is 0 Å². The Morgan fingerprint density at radius 2 is 1.94 bits per heavy atom. The predicted molar refractivity (Wildman–Crippen MR) is 123 cm³/mol. The van der Waals surface area contributed by atoms with Crippen LogP contribution in [0.15, 0.2) is 59.7 Å². The number of amides is 1. The Kier molecular flexibility index (Phi) is 8.70. The van der Waals surface area contributed by atoms with Gasteiger partial charge in [-0.05, 0) is 31.2 Å². The second-order valence-electron chi connectivity index (χ2n) is 7.67. The molecule has 3 rings (SSSR count). The Balaban J connectivity index is 1.47. The number of likely N-dealkylation sites (N-methyl/N-ethyl adjacent to an activating group) is 1. The largest absolute Gasteiger partial charge is 0.490 e. The molecular weight excluding hydrogens is 390 g/mol. The van der Waals surface area contributed by atoms with Crippen molar-refractivity contribution < 1.29 is 9.53 Å². The summed E-state index contributed by atoms with van der Waals surface area (Å²) in [4.78, 5) is 25.4. The van der Waals surface area contributed by atoms with Crippen LogP contribution in [-0.2, 0) is 11.2 Å². The van der Waals surface area contributed by atoms with E-state index in [1.165, 1.54) is 0 Å². The number of nitrogens with one attached hydrogen (secondary N) is 1. The van der Waals surface area contributed by atoms with E-state index in [2.05, 4.69) is 20.2 Å². The maximum atomic E-state index is 12.5. The third-order valence-electron chi connectivity index (χ3n) is 5.34. The van der Waals surface area contributed by atoms with Crippen LogP contribution in [0, 0.1) is 0 Å². The summed E-state index contributed by atoms with van der Waals surface area (Å²) in [5.74, 6) is 1.72. The molecule has 1 aliphatic heterocycles. The molecule has 0 radical (unpaired) electrons. The lowest BCUT2D eigenvalue weighted by molar-refractivity contribution is -0.128. The molecule has 1 fully saturated rings.